The molecule has 2 unspecified atom stereocenters. The van der Waals surface area contributed by atoms with Crippen molar-refractivity contribution < 1.29 is 4.79 Å². The minimum atomic E-state index is -0.433. The second-order valence-corrected chi connectivity index (χ2v) is 5.00. The summed E-state index contributed by atoms with van der Waals surface area (Å²) in [5.41, 5.74) is 5.69. The van der Waals surface area contributed by atoms with Crippen LogP contribution in [0.5, 0.6) is 0 Å². The van der Waals surface area contributed by atoms with Crippen molar-refractivity contribution in [2.45, 2.75) is 38.8 Å². The second-order valence-electron chi connectivity index (χ2n) is 5.00. The molecule has 1 aliphatic heterocycles. The maximum absolute atomic E-state index is 11.1. The number of nitrogens with one attached hydrogen (secondary N) is 1. The van der Waals surface area contributed by atoms with Crippen molar-refractivity contribution in [3.8, 4) is 0 Å². The molecule has 104 valence electrons. The van der Waals surface area contributed by atoms with Crippen LogP contribution in [0.2, 0.25) is 0 Å². The van der Waals surface area contributed by atoms with Gasteiger partial charge in [0.1, 0.15) is 5.82 Å². The number of amides is 1. The van der Waals surface area contributed by atoms with Crippen molar-refractivity contribution in [1.29, 1.82) is 0 Å². The highest BCUT2D eigenvalue weighted by atomic mass is 16.1. The predicted octanol–water partition coefficient (Wildman–Crippen LogP) is 1.15. The number of hydrogen-bond acceptors (Lipinski definition) is 4. The van der Waals surface area contributed by atoms with Gasteiger partial charge in [-0.2, -0.15) is 0 Å². The Balaban J connectivity index is 2.18. The van der Waals surface area contributed by atoms with Crippen molar-refractivity contribution >= 4 is 11.7 Å². The Morgan fingerprint density at radius 3 is 2.79 bits per heavy atom. The van der Waals surface area contributed by atoms with Gasteiger partial charge in [-0.05, 0) is 25.0 Å². The van der Waals surface area contributed by atoms with Gasteiger partial charge in [0, 0.05) is 31.4 Å². The highest BCUT2D eigenvalue weighted by molar-refractivity contribution is 5.92. The lowest BCUT2D eigenvalue weighted by atomic mass is 10.1. The number of primary amides is 1. The summed E-state index contributed by atoms with van der Waals surface area (Å²) in [6.07, 6.45) is 3.74. The molecule has 0 spiro atoms. The molecule has 0 aliphatic carbocycles. The lowest BCUT2D eigenvalue weighted by molar-refractivity contribution is 0.1000. The molecular formula is C14H22N4O. The van der Waals surface area contributed by atoms with Crippen LogP contribution in [-0.2, 0) is 0 Å². The lowest BCUT2D eigenvalue weighted by Crippen LogP contribution is -2.56. The van der Waals surface area contributed by atoms with E-state index in [0.29, 0.717) is 17.6 Å². The molecule has 0 radical (unpaired) electrons. The molecule has 1 aromatic rings. The van der Waals surface area contributed by atoms with E-state index < -0.39 is 5.91 Å². The van der Waals surface area contributed by atoms with Crippen LogP contribution in [0.15, 0.2) is 18.3 Å². The molecule has 5 nitrogen and oxygen atoms in total. The van der Waals surface area contributed by atoms with Gasteiger partial charge in [0.15, 0.2) is 0 Å². The molecule has 19 heavy (non-hydrogen) atoms. The third kappa shape index (κ3) is 3.04. The first kappa shape index (κ1) is 13.8. The van der Waals surface area contributed by atoms with Gasteiger partial charge in [0.25, 0.3) is 0 Å². The van der Waals surface area contributed by atoms with Gasteiger partial charge in [0.05, 0.1) is 5.56 Å². The van der Waals surface area contributed by atoms with Crippen molar-refractivity contribution in [1.82, 2.24) is 10.3 Å². The van der Waals surface area contributed by atoms with Crippen molar-refractivity contribution in [2.24, 2.45) is 5.73 Å². The molecule has 2 rings (SSSR count). The van der Waals surface area contributed by atoms with E-state index in [-0.39, 0.29) is 0 Å². The molecule has 1 aliphatic rings. The number of piperazine rings is 1. The summed E-state index contributed by atoms with van der Waals surface area (Å²) >= 11 is 0. The quantitative estimate of drug-likeness (QED) is 0.854. The van der Waals surface area contributed by atoms with Crippen molar-refractivity contribution in [2.75, 3.05) is 18.0 Å². The summed E-state index contributed by atoms with van der Waals surface area (Å²) < 4.78 is 0. The number of hydrogen-bond donors (Lipinski definition) is 2. The maximum atomic E-state index is 11.1. The van der Waals surface area contributed by atoms with E-state index in [2.05, 4.69) is 29.0 Å². The predicted molar refractivity (Wildman–Crippen MR) is 76.3 cm³/mol. The molecule has 5 heteroatoms. The van der Waals surface area contributed by atoms with Gasteiger partial charge < -0.3 is 16.0 Å². The molecule has 0 saturated carbocycles. The fourth-order valence-corrected chi connectivity index (χ4v) is 2.48. The molecule has 0 aromatic carbocycles. The summed E-state index contributed by atoms with van der Waals surface area (Å²) in [7, 11) is 0. The van der Waals surface area contributed by atoms with Crippen LogP contribution in [0.1, 0.15) is 37.0 Å². The average molecular weight is 262 g/mol. The smallest absolute Gasteiger partial charge is 0.250 e. The molecule has 1 saturated heterocycles. The normalized spacial score (nSPS) is 23.4. The van der Waals surface area contributed by atoms with E-state index >= 15 is 0 Å². The number of pyridine rings is 1. The second kappa shape index (κ2) is 6.02. The van der Waals surface area contributed by atoms with Gasteiger partial charge in [-0.25, -0.2) is 4.98 Å². The topological polar surface area (TPSA) is 71.2 Å². The minimum Gasteiger partial charge on any atom is -0.366 e. The number of carbonyl (C=O) groups excluding carboxylic acids is 1. The van der Waals surface area contributed by atoms with E-state index in [4.69, 9.17) is 5.73 Å². The van der Waals surface area contributed by atoms with E-state index in [0.717, 1.165) is 31.7 Å². The van der Waals surface area contributed by atoms with Crippen LogP contribution in [0.25, 0.3) is 0 Å². The summed E-state index contributed by atoms with van der Waals surface area (Å²) in [5.74, 6) is 0.495. The zero-order chi connectivity index (χ0) is 13.8. The highest BCUT2D eigenvalue weighted by Gasteiger charge is 2.26. The number of nitrogens with two attached hydrogens (primary N) is 1. The number of carbonyl (C=O) groups is 1. The van der Waals surface area contributed by atoms with Gasteiger partial charge in [-0.3, -0.25) is 4.79 Å². The van der Waals surface area contributed by atoms with Crippen LogP contribution in [0.4, 0.5) is 5.82 Å². The molecule has 1 aromatic heterocycles. The Kier molecular flexibility index (Phi) is 4.37. The standard InChI is InChI=1S/C14H22N4O/c1-3-11-9-18(12(4-2)8-16-11)13-6-5-10(7-17-13)14(15)19/h5-7,11-12,16H,3-4,8-9H2,1-2H3,(H2,15,19). The Morgan fingerprint density at radius 2 is 2.26 bits per heavy atom. The summed E-state index contributed by atoms with van der Waals surface area (Å²) in [6, 6.07) is 4.59. The maximum Gasteiger partial charge on any atom is 0.250 e. The van der Waals surface area contributed by atoms with Gasteiger partial charge >= 0.3 is 0 Å². The number of nitrogens with zero attached hydrogens (tertiary/aromatic N) is 2. The molecule has 1 amide bonds. The first-order valence-electron chi connectivity index (χ1n) is 6.91. The Bertz CT molecular complexity index is 432. The third-order valence-electron chi connectivity index (χ3n) is 3.79. The van der Waals surface area contributed by atoms with Crippen LogP contribution in [0.3, 0.4) is 0 Å². The Labute approximate surface area is 114 Å². The zero-order valence-corrected chi connectivity index (χ0v) is 11.6. The van der Waals surface area contributed by atoms with E-state index in [9.17, 15) is 4.79 Å². The van der Waals surface area contributed by atoms with Gasteiger partial charge in [-0.1, -0.05) is 13.8 Å². The monoisotopic (exact) mass is 262 g/mol. The van der Waals surface area contributed by atoms with E-state index in [1.807, 2.05) is 6.07 Å². The Hall–Kier alpha value is -1.62. The molecule has 3 N–H and O–H groups in total. The first-order valence-corrected chi connectivity index (χ1v) is 6.91. The number of anilines is 1. The van der Waals surface area contributed by atoms with Crippen LogP contribution in [0, 0.1) is 0 Å². The number of rotatable bonds is 4. The van der Waals surface area contributed by atoms with Crippen LogP contribution in [-0.4, -0.2) is 36.1 Å². The highest BCUT2D eigenvalue weighted by Crippen LogP contribution is 2.20. The fraction of sp³-hybridized carbons (Fsp3) is 0.571. The number of aromatic nitrogens is 1. The SMILES string of the molecule is CCC1CN(c2ccc(C(N)=O)cn2)C(CC)CN1. The first-order chi connectivity index (χ1) is 9.15. The van der Waals surface area contributed by atoms with Gasteiger partial charge in [-0.15, -0.1) is 0 Å². The molecule has 2 atom stereocenters. The zero-order valence-electron chi connectivity index (χ0n) is 11.6. The lowest BCUT2D eigenvalue weighted by Gasteiger charge is -2.40. The largest absolute Gasteiger partial charge is 0.366 e. The summed E-state index contributed by atoms with van der Waals surface area (Å²) in [6.45, 7) is 6.31. The molecular weight excluding hydrogens is 240 g/mol. The molecule has 2 heterocycles. The minimum absolute atomic E-state index is 0.433. The van der Waals surface area contributed by atoms with E-state index in [1.54, 1.807) is 12.3 Å². The molecule has 0 bridgehead atoms. The van der Waals surface area contributed by atoms with E-state index in [1.165, 1.54) is 0 Å². The fourth-order valence-electron chi connectivity index (χ4n) is 2.48. The average Bonchev–Trinajstić information content (AvgIpc) is 2.46. The Morgan fingerprint density at radius 1 is 1.47 bits per heavy atom. The van der Waals surface area contributed by atoms with Crippen molar-refractivity contribution in [3.63, 3.8) is 0 Å². The molecule has 1 fully saturated rings. The summed E-state index contributed by atoms with van der Waals surface area (Å²) in [5, 5.41) is 3.56. The van der Waals surface area contributed by atoms with Crippen LogP contribution >= 0.6 is 0 Å². The van der Waals surface area contributed by atoms with Crippen LogP contribution < -0.4 is 16.0 Å². The summed E-state index contributed by atoms with van der Waals surface area (Å²) in [4.78, 5) is 17.8. The van der Waals surface area contributed by atoms with Crippen molar-refractivity contribution in [3.05, 3.63) is 23.9 Å². The van der Waals surface area contributed by atoms with Gasteiger partial charge in [0.2, 0.25) is 5.91 Å². The third-order valence-corrected chi connectivity index (χ3v) is 3.79.